The Bertz CT molecular complexity index is 479. The fraction of sp³-hybridized carbons (Fsp3) is 0.200. The summed E-state index contributed by atoms with van der Waals surface area (Å²) in [6.07, 6.45) is 0. The van der Waals surface area contributed by atoms with E-state index >= 15 is 0 Å². The second kappa shape index (κ2) is 6.57. The van der Waals surface area contributed by atoms with Crippen molar-refractivity contribution in [2.45, 2.75) is 13.1 Å². The maximum Gasteiger partial charge on any atom is 0.118 e. The Morgan fingerprint density at radius 1 is 0.889 bits per heavy atom. The van der Waals surface area contributed by atoms with E-state index in [1.54, 1.807) is 7.11 Å². The molecule has 94 valence electrons. The lowest BCUT2D eigenvalue weighted by molar-refractivity contribution is 0.414. The Morgan fingerprint density at radius 3 is 1.89 bits per heavy atom. The van der Waals surface area contributed by atoms with E-state index in [9.17, 15) is 0 Å². The summed E-state index contributed by atoms with van der Waals surface area (Å²) in [5, 5.41) is 3.42. The standard InChI is InChI=1S/C15H16BrNO/c1-18-15-8-4-13(5-9-15)11-17-10-12-2-6-14(16)7-3-12/h2-9,17H,10-11H2,1H3. The first-order chi connectivity index (χ1) is 8.78. The minimum Gasteiger partial charge on any atom is -0.497 e. The summed E-state index contributed by atoms with van der Waals surface area (Å²) in [6.45, 7) is 1.74. The molecule has 1 N–H and O–H groups in total. The van der Waals surface area contributed by atoms with Crippen molar-refractivity contribution in [3.63, 3.8) is 0 Å². The van der Waals surface area contributed by atoms with Crippen molar-refractivity contribution < 1.29 is 4.74 Å². The molecule has 0 heterocycles. The van der Waals surface area contributed by atoms with Gasteiger partial charge in [0.05, 0.1) is 7.11 Å². The maximum atomic E-state index is 5.13. The number of hydrogen-bond acceptors (Lipinski definition) is 2. The van der Waals surface area contributed by atoms with E-state index in [0.29, 0.717) is 0 Å². The first-order valence-electron chi connectivity index (χ1n) is 5.86. The second-order valence-corrected chi connectivity index (χ2v) is 4.99. The Kier molecular flexibility index (Phi) is 4.79. The molecule has 0 saturated carbocycles. The fourth-order valence-corrected chi connectivity index (χ4v) is 1.96. The molecule has 18 heavy (non-hydrogen) atoms. The van der Waals surface area contributed by atoms with Crippen LogP contribution >= 0.6 is 15.9 Å². The first kappa shape index (κ1) is 13.1. The highest BCUT2D eigenvalue weighted by Crippen LogP contribution is 2.12. The van der Waals surface area contributed by atoms with Gasteiger partial charge in [0.25, 0.3) is 0 Å². The summed E-state index contributed by atoms with van der Waals surface area (Å²) in [7, 11) is 1.68. The van der Waals surface area contributed by atoms with E-state index in [4.69, 9.17) is 4.74 Å². The quantitative estimate of drug-likeness (QED) is 0.908. The number of halogens is 1. The van der Waals surface area contributed by atoms with Crippen molar-refractivity contribution in [1.29, 1.82) is 0 Å². The zero-order valence-electron chi connectivity index (χ0n) is 10.3. The van der Waals surface area contributed by atoms with E-state index in [2.05, 4.69) is 57.6 Å². The molecular weight excluding hydrogens is 290 g/mol. The Hall–Kier alpha value is -1.32. The maximum absolute atomic E-state index is 5.13. The third-order valence-corrected chi connectivity index (χ3v) is 3.26. The highest BCUT2D eigenvalue weighted by atomic mass is 79.9. The molecule has 3 heteroatoms. The average Bonchev–Trinajstić information content (AvgIpc) is 2.42. The van der Waals surface area contributed by atoms with Gasteiger partial charge in [-0.1, -0.05) is 40.2 Å². The summed E-state index contributed by atoms with van der Waals surface area (Å²) in [5.74, 6) is 0.895. The van der Waals surface area contributed by atoms with Crippen LogP contribution in [0.4, 0.5) is 0 Å². The van der Waals surface area contributed by atoms with Gasteiger partial charge in [-0.3, -0.25) is 0 Å². The molecule has 0 aliphatic heterocycles. The van der Waals surface area contributed by atoms with Crippen molar-refractivity contribution in [3.8, 4) is 5.75 Å². The molecule has 0 spiro atoms. The van der Waals surface area contributed by atoms with E-state index < -0.39 is 0 Å². The molecular formula is C15H16BrNO. The summed E-state index contributed by atoms with van der Waals surface area (Å²) in [4.78, 5) is 0. The van der Waals surface area contributed by atoms with Crippen LogP contribution in [0.3, 0.4) is 0 Å². The molecule has 0 atom stereocenters. The lowest BCUT2D eigenvalue weighted by atomic mass is 10.2. The Morgan fingerprint density at radius 2 is 1.39 bits per heavy atom. The van der Waals surface area contributed by atoms with Crippen LogP contribution < -0.4 is 10.1 Å². The van der Waals surface area contributed by atoms with Crippen LogP contribution in [0.1, 0.15) is 11.1 Å². The molecule has 2 aromatic rings. The van der Waals surface area contributed by atoms with E-state index in [1.165, 1.54) is 11.1 Å². The number of nitrogens with one attached hydrogen (secondary N) is 1. The van der Waals surface area contributed by atoms with Gasteiger partial charge in [0.2, 0.25) is 0 Å². The lowest BCUT2D eigenvalue weighted by Gasteiger charge is -2.06. The van der Waals surface area contributed by atoms with Crippen molar-refractivity contribution in [2.75, 3.05) is 7.11 Å². The normalized spacial score (nSPS) is 10.3. The third-order valence-electron chi connectivity index (χ3n) is 2.73. The van der Waals surface area contributed by atoms with E-state index in [1.807, 2.05) is 12.1 Å². The number of rotatable bonds is 5. The largest absolute Gasteiger partial charge is 0.497 e. The van der Waals surface area contributed by atoms with Crippen molar-refractivity contribution in [3.05, 3.63) is 64.1 Å². The summed E-state index contributed by atoms with van der Waals surface area (Å²) in [5.41, 5.74) is 2.54. The molecule has 0 unspecified atom stereocenters. The average molecular weight is 306 g/mol. The third kappa shape index (κ3) is 3.86. The molecule has 0 amide bonds. The Balaban J connectivity index is 1.82. The van der Waals surface area contributed by atoms with Crippen LogP contribution in [0.5, 0.6) is 5.75 Å². The molecule has 0 aliphatic carbocycles. The minimum absolute atomic E-state index is 0.861. The molecule has 0 fully saturated rings. The second-order valence-electron chi connectivity index (χ2n) is 4.08. The smallest absolute Gasteiger partial charge is 0.118 e. The van der Waals surface area contributed by atoms with Gasteiger partial charge < -0.3 is 10.1 Å². The van der Waals surface area contributed by atoms with Crippen LogP contribution in [0.2, 0.25) is 0 Å². The van der Waals surface area contributed by atoms with Gasteiger partial charge in [0.1, 0.15) is 5.75 Å². The molecule has 2 rings (SSSR count). The summed E-state index contributed by atoms with van der Waals surface area (Å²) >= 11 is 3.43. The zero-order chi connectivity index (χ0) is 12.8. The van der Waals surface area contributed by atoms with Gasteiger partial charge in [0.15, 0.2) is 0 Å². The molecule has 2 nitrogen and oxygen atoms in total. The molecule has 2 aromatic carbocycles. The van der Waals surface area contributed by atoms with Gasteiger partial charge in [-0.25, -0.2) is 0 Å². The van der Waals surface area contributed by atoms with E-state index in [0.717, 1.165) is 23.3 Å². The van der Waals surface area contributed by atoms with Crippen molar-refractivity contribution in [1.82, 2.24) is 5.32 Å². The van der Waals surface area contributed by atoms with Crippen molar-refractivity contribution in [2.24, 2.45) is 0 Å². The van der Waals surface area contributed by atoms with Crippen LogP contribution in [-0.2, 0) is 13.1 Å². The van der Waals surface area contributed by atoms with Gasteiger partial charge in [-0.05, 0) is 35.4 Å². The van der Waals surface area contributed by atoms with Crippen LogP contribution in [0, 0.1) is 0 Å². The first-order valence-corrected chi connectivity index (χ1v) is 6.65. The highest BCUT2D eigenvalue weighted by molar-refractivity contribution is 9.10. The Labute approximate surface area is 116 Å². The van der Waals surface area contributed by atoms with Gasteiger partial charge in [0, 0.05) is 17.6 Å². The van der Waals surface area contributed by atoms with Crippen LogP contribution in [0.15, 0.2) is 53.0 Å². The van der Waals surface area contributed by atoms with Gasteiger partial charge >= 0.3 is 0 Å². The lowest BCUT2D eigenvalue weighted by Crippen LogP contribution is -2.12. The van der Waals surface area contributed by atoms with E-state index in [-0.39, 0.29) is 0 Å². The highest BCUT2D eigenvalue weighted by Gasteiger charge is 1.96. The minimum atomic E-state index is 0.861. The summed E-state index contributed by atoms with van der Waals surface area (Å²) < 4.78 is 6.24. The van der Waals surface area contributed by atoms with Crippen LogP contribution in [0.25, 0.3) is 0 Å². The SMILES string of the molecule is COc1ccc(CNCc2ccc(Br)cc2)cc1. The summed E-state index contributed by atoms with van der Waals surface area (Å²) in [6, 6.07) is 16.5. The molecule has 0 radical (unpaired) electrons. The monoisotopic (exact) mass is 305 g/mol. The molecule has 0 aromatic heterocycles. The van der Waals surface area contributed by atoms with Gasteiger partial charge in [-0.15, -0.1) is 0 Å². The van der Waals surface area contributed by atoms with Crippen LogP contribution in [-0.4, -0.2) is 7.11 Å². The predicted molar refractivity (Wildman–Crippen MR) is 77.7 cm³/mol. The molecule has 0 saturated heterocycles. The molecule has 0 aliphatic rings. The zero-order valence-corrected chi connectivity index (χ0v) is 11.9. The molecule has 0 bridgehead atoms. The van der Waals surface area contributed by atoms with Crippen molar-refractivity contribution >= 4 is 15.9 Å². The fourth-order valence-electron chi connectivity index (χ4n) is 1.70. The topological polar surface area (TPSA) is 21.3 Å². The van der Waals surface area contributed by atoms with Gasteiger partial charge in [-0.2, -0.15) is 0 Å². The number of benzene rings is 2. The number of methoxy groups -OCH3 is 1. The number of ether oxygens (including phenoxy) is 1. The number of hydrogen-bond donors (Lipinski definition) is 1. The predicted octanol–water partition coefficient (Wildman–Crippen LogP) is 3.75.